The van der Waals surface area contributed by atoms with Gasteiger partial charge < -0.3 is 10.1 Å². The van der Waals surface area contributed by atoms with Crippen molar-refractivity contribution in [1.82, 2.24) is 19.9 Å². The molecular weight excluding hydrogens is 332 g/mol. The highest BCUT2D eigenvalue weighted by Crippen LogP contribution is 2.11. The van der Waals surface area contributed by atoms with Crippen LogP contribution in [-0.4, -0.2) is 27.6 Å². The molecule has 0 aliphatic heterocycles. The van der Waals surface area contributed by atoms with Crippen LogP contribution < -0.4 is 15.6 Å². The van der Waals surface area contributed by atoms with Gasteiger partial charge in [0.25, 0.3) is 5.56 Å². The van der Waals surface area contributed by atoms with Gasteiger partial charge in [0, 0.05) is 31.8 Å². The Labute approximate surface area is 150 Å². The second-order valence-corrected chi connectivity index (χ2v) is 5.95. The zero-order chi connectivity index (χ0) is 18.5. The largest absolute Gasteiger partial charge is 0.481 e. The third kappa shape index (κ3) is 3.88. The molecule has 0 atom stereocenters. The smallest absolute Gasteiger partial charge is 0.261 e. The zero-order valence-electron chi connectivity index (χ0n) is 14.7. The molecule has 0 fully saturated rings. The number of aromatic nitrogens is 3. The minimum absolute atomic E-state index is 0.134. The topological polar surface area (TPSA) is 86.1 Å². The molecule has 0 aliphatic rings. The average Bonchev–Trinajstić information content (AvgIpc) is 2.66. The molecule has 7 nitrogen and oxygen atoms in total. The average molecular weight is 352 g/mol. The van der Waals surface area contributed by atoms with Crippen molar-refractivity contribution < 1.29 is 9.53 Å². The molecule has 0 spiro atoms. The fourth-order valence-electron chi connectivity index (χ4n) is 2.68. The highest BCUT2D eigenvalue weighted by atomic mass is 16.5. The number of methoxy groups -OCH3 is 1. The molecule has 3 rings (SSSR count). The minimum atomic E-state index is -0.142. The first-order chi connectivity index (χ1) is 12.6. The van der Waals surface area contributed by atoms with Crippen LogP contribution in [0.5, 0.6) is 5.88 Å². The van der Waals surface area contributed by atoms with Gasteiger partial charge in [0.05, 0.1) is 24.3 Å². The van der Waals surface area contributed by atoms with Crippen molar-refractivity contribution in [3.63, 3.8) is 0 Å². The van der Waals surface area contributed by atoms with E-state index in [4.69, 9.17) is 4.74 Å². The first-order valence-electron chi connectivity index (χ1n) is 8.29. The van der Waals surface area contributed by atoms with Gasteiger partial charge in [-0.15, -0.1) is 0 Å². The molecule has 0 bridgehead atoms. The molecule has 0 unspecified atom stereocenters. The summed E-state index contributed by atoms with van der Waals surface area (Å²) in [5.41, 5.74) is 2.41. The number of rotatable bonds is 6. The van der Waals surface area contributed by atoms with E-state index in [2.05, 4.69) is 15.3 Å². The Morgan fingerprint density at radius 3 is 2.92 bits per heavy atom. The van der Waals surface area contributed by atoms with Gasteiger partial charge in [0.1, 0.15) is 0 Å². The number of carbonyl (C=O) groups is 1. The van der Waals surface area contributed by atoms with E-state index in [1.807, 2.05) is 25.1 Å². The third-order valence-electron chi connectivity index (χ3n) is 4.13. The number of pyridine rings is 1. The Bertz CT molecular complexity index is 997. The number of benzene rings is 1. The van der Waals surface area contributed by atoms with Gasteiger partial charge >= 0.3 is 0 Å². The number of carbonyl (C=O) groups excluding carboxylic acids is 1. The lowest BCUT2D eigenvalue weighted by atomic mass is 10.1. The SMILES string of the molecule is COc1cc(CNC(=O)CCn2cnc3c(C)cccc3c2=O)ccn1. The Balaban J connectivity index is 1.62. The van der Waals surface area contributed by atoms with Gasteiger partial charge in [-0.1, -0.05) is 12.1 Å². The molecule has 3 aromatic rings. The van der Waals surface area contributed by atoms with E-state index < -0.39 is 0 Å². The molecule has 7 heteroatoms. The van der Waals surface area contributed by atoms with E-state index in [1.165, 1.54) is 10.9 Å². The van der Waals surface area contributed by atoms with Crippen molar-refractivity contribution in [2.75, 3.05) is 7.11 Å². The highest BCUT2D eigenvalue weighted by molar-refractivity contribution is 5.80. The summed E-state index contributed by atoms with van der Waals surface area (Å²) in [6, 6.07) is 9.08. The number of ether oxygens (including phenoxy) is 1. The number of fused-ring (bicyclic) bond motifs is 1. The number of hydrogen-bond donors (Lipinski definition) is 1. The van der Waals surface area contributed by atoms with Crippen LogP contribution in [0.3, 0.4) is 0 Å². The highest BCUT2D eigenvalue weighted by Gasteiger charge is 2.08. The predicted molar refractivity (Wildman–Crippen MR) is 98.0 cm³/mol. The van der Waals surface area contributed by atoms with E-state index in [0.29, 0.717) is 23.3 Å². The molecule has 1 N–H and O–H groups in total. The number of nitrogens with zero attached hydrogens (tertiary/aromatic N) is 3. The van der Waals surface area contributed by atoms with E-state index in [0.717, 1.165) is 11.1 Å². The van der Waals surface area contributed by atoms with Gasteiger partial charge in [-0.3, -0.25) is 14.2 Å². The van der Waals surface area contributed by atoms with Gasteiger partial charge in [-0.05, 0) is 30.2 Å². The van der Waals surface area contributed by atoms with E-state index in [-0.39, 0.29) is 24.4 Å². The zero-order valence-corrected chi connectivity index (χ0v) is 14.7. The van der Waals surface area contributed by atoms with Crippen molar-refractivity contribution >= 4 is 16.8 Å². The summed E-state index contributed by atoms with van der Waals surface area (Å²) in [7, 11) is 1.54. The van der Waals surface area contributed by atoms with Crippen LogP contribution in [0.2, 0.25) is 0 Å². The molecule has 26 heavy (non-hydrogen) atoms. The molecule has 0 saturated heterocycles. The number of hydrogen-bond acceptors (Lipinski definition) is 5. The first kappa shape index (κ1) is 17.6. The standard InChI is InChI=1S/C19H20N4O3/c1-13-4-3-5-15-18(13)22-12-23(19(15)25)9-7-16(24)21-11-14-6-8-20-17(10-14)26-2/h3-6,8,10,12H,7,9,11H2,1-2H3,(H,21,24). The van der Waals surface area contributed by atoms with Gasteiger partial charge in [0.15, 0.2) is 0 Å². The van der Waals surface area contributed by atoms with Gasteiger partial charge in [-0.25, -0.2) is 9.97 Å². The van der Waals surface area contributed by atoms with Crippen LogP contribution in [0.15, 0.2) is 47.7 Å². The van der Waals surface area contributed by atoms with Crippen molar-refractivity contribution in [3.05, 3.63) is 64.3 Å². The number of amides is 1. The van der Waals surface area contributed by atoms with Crippen LogP contribution >= 0.6 is 0 Å². The Hall–Kier alpha value is -3.22. The minimum Gasteiger partial charge on any atom is -0.481 e. The summed E-state index contributed by atoms with van der Waals surface area (Å²) >= 11 is 0. The van der Waals surface area contributed by atoms with Crippen LogP contribution in [0.4, 0.5) is 0 Å². The molecular formula is C19H20N4O3. The molecule has 134 valence electrons. The van der Waals surface area contributed by atoms with E-state index in [9.17, 15) is 9.59 Å². The lowest BCUT2D eigenvalue weighted by molar-refractivity contribution is -0.121. The molecule has 0 aliphatic carbocycles. The van der Waals surface area contributed by atoms with Gasteiger partial charge in [-0.2, -0.15) is 0 Å². The summed E-state index contributed by atoms with van der Waals surface area (Å²) < 4.78 is 6.52. The van der Waals surface area contributed by atoms with Crippen LogP contribution in [0, 0.1) is 6.92 Å². The van der Waals surface area contributed by atoms with Crippen molar-refractivity contribution in [2.45, 2.75) is 26.4 Å². The predicted octanol–water partition coefficient (Wildman–Crippen LogP) is 1.82. The molecule has 0 radical (unpaired) electrons. The lowest BCUT2D eigenvalue weighted by Gasteiger charge is -2.09. The molecule has 1 aromatic carbocycles. The molecule has 2 heterocycles. The summed E-state index contributed by atoms with van der Waals surface area (Å²) in [5, 5.41) is 3.39. The third-order valence-corrected chi connectivity index (χ3v) is 4.13. The number of nitrogens with one attached hydrogen (secondary N) is 1. The Morgan fingerprint density at radius 1 is 1.27 bits per heavy atom. The van der Waals surface area contributed by atoms with Crippen LogP contribution in [0.1, 0.15) is 17.5 Å². The van der Waals surface area contributed by atoms with Gasteiger partial charge in [0.2, 0.25) is 11.8 Å². The van der Waals surface area contributed by atoms with E-state index >= 15 is 0 Å². The second-order valence-electron chi connectivity index (χ2n) is 5.95. The summed E-state index contributed by atoms with van der Waals surface area (Å²) in [6.45, 7) is 2.57. The first-order valence-corrected chi connectivity index (χ1v) is 8.29. The van der Waals surface area contributed by atoms with E-state index in [1.54, 1.807) is 25.4 Å². The quantitative estimate of drug-likeness (QED) is 0.731. The summed E-state index contributed by atoms with van der Waals surface area (Å²) in [4.78, 5) is 33.0. The maximum Gasteiger partial charge on any atom is 0.261 e. The fraction of sp³-hybridized carbons (Fsp3) is 0.263. The van der Waals surface area contributed by atoms with Crippen LogP contribution in [-0.2, 0) is 17.9 Å². The monoisotopic (exact) mass is 352 g/mol. The van der Waals surface area contributed by atoms with Crippen molar-refractivity contribution in [3.8, 4) is 5.88 Å². The molecule has 0 saturated carbocycles. The summed E-state index contributed by atoms with van der Waals surface area (Å²) in [5.74, 6) is 0.359. The lowest BCUT2D eigenvalue weighted by Crippen LogP contribution is -2.27. The Morgan fingerprint density at radius 2 is 2.12 bits per heavy atom. The van der Waals surface area contributed by atoms with Crippen molar-refractivity contribution in [1.29, 1.82) is 0 Å². The Kier molecular flexibility index (Phi) is 5.26. The number of aryl methyl sites for hydroxylation is 2. The summed E-state index contributed by atoms with van der Waals surface area (Å²) in [6.07, 6.45) is 3.32. The second kappa shape index (κ2) is 7.77. The molecule has 1 amide bonds. The fourth-order valence-corrected chi connectivity index (χ4v) is 2.68. The van der Waals surface area contributed by atoms with Crippen molar-refractivity contribution in [2.24, 2.45) is 0 Å². The van der Waals surface area contributed by atoms with Crippen LogP contribution in [0.25, 0.3) is 10.9 Å². The maximum absolute atomic E-state index is 12.5. The normalized spacial score (nSPS) is 10.7. The number of para-hydroxylation sites is 1. The molecule has 2 aromatic heterocycles. The maximum atomic E-state index is 12.5.